The van der Waals surface area contributed by atoms with Crippen LogP contribution in [-0.2, 0) is 0 Å². The van der Waals surface area contributed by atoms with E-state index in [4.69, 9.17) is 5.73 Å². The minimum absolute atomic E-state index is 0.427. The van der Waals surface area contributed by atoms with Gasteiger partial charge in [0, 0.05) is 24.7 Å². The first-order valence-electron chi connectivity index (χ1n) is 5.75. The normalized spacial score (nSPS) is 30.6. The average Bonchev–Trinajstić information content (AvgIpc) is 2.14. The Morgan fingerprint density at radius 1 is 1.43 bits per heavy atom. The van der Waals surface area contributed by atoms with Gasteiger partial charge < -0.3 is 16.0 Å². The van der Waals surface area contributed by atoms with E-state index in [0.29, 0.717) is 18.1 Å². The first-order chi connectivity index (χ1) is 6.59. The minimum atomic E-state index is 0.427. The van der Waals surface area contributed by atoms with Crippen LogP contribution >= 0.6 is 0 Å². The third kappa shape index (κ3) is 3.95. The number of hydrogen-bond donors (Lipinski definition) is 2. The summed E-state index contributed by atoms with van der Waals surface area (Å²) >= 11 is 0. The first-order valence-corrected chi connectivity index (χ1v) is 5.75. The van der Waals surface area contributed by atoms with Crippen molar-refractivity contribution in [1.82, 2.24) is 10.2 Å². The van der Waals surface area contributed by atoms with Gasteiger partial charge in [-0.05, 0) is 40.3 Å². The molecule has 3 atom stereocenters. The molecule has 0 aliphatic heterocycles. The van der Waals surface area contributed by atoms with Crippen LogP contribution in [0.15, 0.2) is 0 Å². The monoisotopic (exact) mass is 199 g/mol. The van der Waals surface area contributed by atoms with Crippen LogP contribution in [0.1, 0.15) is 32.6 Å². The number of likely N-dealkylation sites (N-methyl/N-ethyl adjacent to an activating group) is 1. The second-order valence-corrected chi connectivity index (χ2v) is 4.84. The molecule has 3 unspecified atom stereocenters. The molecule has 14 heavy (non-hydrogen) atoms. The van der Waals surface area contributed by atoms with Crippen molar-refractivity contribution in [3.05, 3.63) is 0 Å². The summed E-state index contributed by atoms with van der Waals surface area (Å²) in [6.45, 7) is 3.32. The number of rotatable bonds is 4. The van der Waals surface area contributed by atoms with Crippen LogP contribution in [0.2, 0.25) is 0 Å². The molecule has 0 saturated heterocycles. The quantitative estimate of drug-likeness (QED) is 0.703. The zero-order valence-corrected chi connectivity index (χ0v) is 9.79. The molecule has 3 N–H and O–H groups in total. The Kier molecular flexibility index (Phi) is 4.85. The molecule has 0 aromatic heterocycles. The predicted octanol–water partition coefficient (Wildman–Crippen LogP) is 0.796. The molecule has 3 nitrogen and oxygen atoms in total. The van der Waals surface area contributed by atoms with Gasteiger partial charge >= 0.3 is 0 Å². The van der Waals surface area contributed by atoms with Crippen molar-refractivity contribution in [2.75, 3.05) is 20.6 Å². The van der Waals surface area contributed by atoms with E-state index in [0.717, 1.165) is 13.0 Å². The highest BCUT2D eigenvalue weighted by molar-refractivity contribution is 4.80. The van der Waals surface area contributed by atoms with Crippen molar-refractivity contribution in [3.63, 3.8) is 0 Å². The Hall–Kier alpha value is -0.120. The first kappa shape index (κ1) is 12.0. The molecule has 0 radical (unpaired) electrons. The van der Waals surface area contributed by atoms with Crippen LogP contribution in [0.3, 0.4) is 0 Å². The number of nitrogens with two attached hydrogens (primary N) is 1. The number of hydrogen-bond acceptors (Lipinski definition) is 3. The van der Waals surface area contributed by atoms with Gasteiger partial charge in [0.15, 0.2) is 0 Å². The van der Waals surface area contributed by atoms with Crippen LogP contribution in [-0.4, -0.2) is 43.7 Å². The van der Waals surface area contributed by atoms with Gasteiger partial charge in [-0.15, -0.1) is 0 Å². The molecule has 1 fully saturated rings. The van der Waals surface area contributed by atoms with Gasteiger partial charge in [-0.3, -0.25) is 0 Å². The van der Waals surface area contributed by atoms with Crippen LogP contribution in [0, 0.1) is 0 Å². The molecule has 1 aliphatic carbocycles. The zero-order chi connectivity index (χ0) is 10.6. The van der Waals surface area contributed by atoms with Crippen LogP contribution in [0.4, 0.5) is 0 Å². The predicted molar refractivity (Wildman–Crippen MR) is 61.4 cm³/mol. The van der Waals surface area contributed by atoms with E-state index >= 15 is 0 Å². The second-order valence-electron chi connectivity index (χ2n) is 4.84. The van der Waals surface area contributed by atoms with E-state index in [1.807, 2.05) is 0 Å². The van der Waals surface area contributed by atoms with Crippen molar-refractivity contribution in [1.29, 1.82) is 0 Å². The molecular formula is C11H25N3. The highest BCUT2D eigenvalue weighted by Crippen LogP contribution is 2.16. The topological polar surface area (TPSA) is 41.3 Å². The van der Waals surface area contributed by atoms with Crippen LogP contribution in [0.5, 0.6) is 0 Å². The summed E-state index contributed by atoms with van der Waals surface area (Å²) in [5, 5.41) is 3.61. The van der Waals surface area contributed by atoms with Crippen LogP contribution in [0.25, 0.3) is 0 Å². The van der Waals surface area contributed by atoms with Crippen molar-refractivity contribution >= 4 is 0 Å². The van der Waals surface area contributed by atoms with E-state index in [9.17, 15) is 0 Å². The minimum Gasteiger partial charge on any atom is -0.328 e. The molecule has 1 aliphatic rings. The number of nitrogens with one attached hydrogen (secondary N) is 1. The molecule has 3 heteroatoms. The smallest absolute Gasteiger partial charge is 0.0186 e. The van der Waals surface area contributed by atoms with Crippen molar-refractivity contribution in [2.24, 2.45) is 5.73 Å². The summed E-state index contributed by atoms with van der Waals surface area (Å²) in [6.07, 6.45) is 4.95. The molecule has 0 spiro atoms. The fraction of sp³-hybridized carbons (Fsp3) is 1.00. The molecule has 84 valence electrons. The third-order valence-electron chi connectivity index (χ3n) is 3.30. The van der Waals surface area contributed by atoms with Gasteiger partial charge in [0.25, 0.3) is 0 Å². The van der Waals surface area contributed by atoms with Gasteiger partial charge in [-0.2, -0.15) is 0 Å². The van der Waals surface area contributed by atoms with Crippen molar-refractivity contribution in [2.45, 2.75) is 50.7 Å². The molecule has 0 aromatic rings. The SMILES string of the molecule is CC(CNC1CCCC(N)C1)N(C)C. The summed E-state index contributed by atoms with van der Waals surface area (Å²) in [7, 11) is 4.25. The lowest BCUT2D eigenvalue weighted by Gasteiger charge is -2.29. The van der Waals surface area contributed by atoms with E-state index in [1.165, 1.54) is 19.3 Å². The highest BCUT2D eigenvalue weighted by Gasteiger charge is 2.19. The maximum atomic E-state index is 5.94. The van der Waals surface area contributed by atoms with E-state index in [2.05, 4.69) is 31.2 Å². The Labute approximate surface area is 88.0 Å². The second kappa shape index (κ2) is 5.69. The van der Waals surface area contributed by atoms with Gasteiger partial charge in [0.2, 0.25) is 0 Å². The Bertz CT molecular complexity index is 159. The standard InChI is InChI=1S/C11H25N3/c1-9(14(2)3)8-13-11-6-4-5-10(12)7-11/h9-11,13H,4-8,12H2,1-3H3. The van der Waals surface area contributed by atoms with E-state index < -0.39 is 0 Å². The zero-order valence-electron chi connectivity index (χ0n) is 9.79. The van der Waals surface area contributed by atoms with Gasteiger partial charge in [0.05, 0.1) is 0 Å². The highest BCUT2D eigenvalue weighted by atomic mass is 15.1. The average molecular weight is 199 g/mol. The van der Waals surface area contributed by atoms with Crippen LogP contribution < -0.4 is 11.1 Å². The molecule has 0 heterocycles. The lowest BCUT2D eigenvalue weighted by atomic mass is 9.91. The fourth-order valence-electron chi connectivity index (χ4n) is 1.93. The lowest BCUT2D eigenvalue weighted by Crippen LogP contribution is -2.44. The maximum Gasteiger partial charge on any atom is 0.0186 e. The Morgan fingerprint density at radius 3 is 2.71 bits per heavy atom. The molecular weight excluding hydrogens is 174 g/mol. The number of nitrogens with zero attached hydrogens (tertiary/aromatic N) is 1. The van der Waals surface area contributed by atoms with Gasteiger partial charge in [0.1, 0.15) is 0 Å². The van der Waals surface area contributed by atoms with Gasteiger partial charge in [-0.1, -0.05) is 6.42 Å². The summed E-state index contributed by atoms with van der Waals surface area (Å²) in [5.74, 6) is 0. The lowest BCUT2D eigenvalue weighted by molar-refractivity contribution is 0.270. The van der Waals surface area contributed by atoms with Gasteiger partial charge in [-0.25, -0.2) is 0 Å². The summed E-state index contributed by atoms with van der Waals surface area (Å²) in [5.41, 5.74) is 5.94. The molecule has 1 rings (SSSR count). The Balaban J connectivity index is 2.17. The summed E-state index contributed by atoms with van der Waals surface area (Å²) in [6, 6.07) is 1.69. The Morgan fingerprint density at radius 2 is 2.14 bits per heavy atom. The molecule has 0 bridgehead atoms. The third-order valence-corrected chi connectivity index (χ3v) is 3.30. The maximum absolute atomic E-state index is 5.94. The van der Waals surface area contributed by atoms with E-state index in [-0.39, 0.29) is 0 Å². The largest absolute Gasteiger partial charge is 0.328 e. The van der Waals surface area contributed by atoms with E-state index in [1.54, 1.807) is 0 Å². The molecule has 1 saturated carbocycles. The fourth-order valence-corrected chi connectivity index (χ4v) is 1.93. The summed E-state index contributed by atoms with van der Waals surface area (Å²) < 4.78 is 0. The van der Waals surface area contributed by atoms with Crippen molar-refractivity contribution in [3.8, 4) is 0 Å². The summed E-state index contributed by atoms with van der Waals surface area (Å²) in [4.78, 5) is 2.25. The molecule has 0 aromatic carbocycles. The van der Waals surface area contributed by atoms with Crippen molar-refractivity contribution < 1.29 is 0 Å². The molecule has 0 amide bonds.